The average Bonchev–Trinajstić information content (AvgIpc) is 3.67. The van der Waals surface area contributed by atoms with Gasteiger partial charge in [-0.3, -0.25) is 0 Å². The van der Waals surface area contributed by atoms with E-state index < -0.39 is 0 Å². The third kappa shape index (κ3) is 5.25. The first-order valence-corrected chi connectivity index (χ1v) is 20.4. The predicted octanol–water partition coefficient (Wildman–Crippen LogP) is 16.1. The van der Waals surface area contributed by atoms with Gasteiger partial charge in [-0.25, -0.2) is 0 Å². The van der Waals surface area contributed by atoms with Crippen LogP contribution in [0.3, 0.4) is 0 Å². The van der Waals surface area contributed by atoms with Crippen LogP contribution >= 0.6 is 0 Å². The fraction of sp³-hybridized carbons (Fsp3) is 0. The number of nitrogens with zero attached hydrogens (tertiary/aromatic N) is 1. The molecule has 1 heterocycles. The van der Waals surface area contributed by atoms with Crippen LogP contribution in [0.4, 0.5) is 0 Å². The Morgan fingerprint density at radius 2 is 0.627 bits per heavy atom. The first-order chi connectivity index (χ1) is 29.3. The van der Waals surface area contributed by atoms with Gasteiger partial charge in [-0.15, -0.1) is 0 Å². The maximum atomic E-state index is 2.52. The predicted molar refractivity (Wildman–Crippen MR) is 253 cm³/mol. The molecule has 0 amide bonds. The zero-order valence-corrected chi connectivity index (χ0v) is 32.3. The van der Waals surface area contributed by atoms with Crippen molar-refractivity contribution >= 4 is 64.9 Å². The summed E-state index contributed by atoms with van der Waals surface area (Å²) in [6.45, 7) is 0. The van der Waals surface area contributed by atoms with Gasteiger partial charge in [0.25, 0.3) is 0 Å². The molecule has 0 aliphatic rings. The standard InChI is InChI=1S/C58H37N/c1-3-14-38(15-4-1)39-26-28-41(29-27-39)45-24-13-25-52-47(45)36-37-54-53-35-32-40-16-7-8-19-46(40)57(53)59(58(52)54)44-33-30-43(31-34-44)56-50-22-11-9-20-48(50)55(42-17-5-2-6-18-42)49-21-10-12-23-51(49)56/h1-37H. The van der Waals surface area contributed by atoms with Crippen molar-refractivity contribution in [1.29, 1.82) is 0 Å². The summed E-state index contributed by atoms with van der Waals surface area (Å²) in [5.41, 5.74) is 13.5. The van der Waals surface area contributed by atoms with Gasteiger partial charge in [0.2, 0.25) is 0 Å². The number of hydrogen-bond acceptors (Lipinski definition) is 0. The molecule has 1 aromatic heterocycles. The van der Waals surface area contributed by atoms with Crippen molar-refractivity contribution in [2.75, 3.05) is 0 Å². The number of aromatic nitrogens is 1. The van der Waals surface area contributed by atoms with E-state index in [1.807, 2.05) is 0 Å². The molecule has 0 saturated carbocycles. The summed E-state index contributed by atoms with van der Waals surface area (Å²) in [5, 5.41) is 12.5. The van der Waals surface area contributed by atoms with Gasteiger partial charge >= 0.3 is 0 Å². The van der Waals surface area contributed by atoms with E-state index >= 15 is 0 Å². The summed E-state index contributed by atoms with van der Waals surface area (Å²) >= 11 is 0. The molecule has 0 N–H and O–H groups in total. The van der Waals surface area contributed by atoms with Crippen LogP contribution in [0.2, 0.25) is 0 Å². The molecule has 0 unspecified atom stereocenters. The smallest absolute Gasteiger partial charge is 0.0619 e. The molecule has 0 aliphatic carbocycles. The topological polar surface area (TPSA) is 4.93 Å². The summed E-state index contributed by atoms with van der Waals surface area (Å²) in [4.78, 5) is 0. The van der Waals surface area contributed by atoms with Gasteiger partial charge in [0.1, 0.15) is 0 Å². The summed E-state index contributed by atoms with van der Waals surface area (Å²) in [6, 6.07) is 82.4. The minimum Gasteiger partial charge on any atom is -0.308 e. The van der Waals surface area contributed by atoms with Crippen molar-refractivity contribution in [3.63, 3.8) is 0 Å². The van der Waals surface area contributed by atoms with Crippen LogP contribution in [0, 0.1) is 0 Å². The molecule has 0 saturated heterocycles. The zero-order valence-electron chi connectivity index (χ0n) is 32.3. The second-order valence-electron chi connectivity index (χ2n) is 15.6. The summed E-state index contributed by atoms with van der Waals surface area (Å²) in [5.74, 6) is 0. The van der Waals surface area contributed by atoms with Crippen LogP contribution in [-0.4, -0.2) is 4.57 Å². The third-order valence-corrected chi connectivity index (χ3v) is 12.4. The molecule has 0 aliphatic heterocycles. The van der Waals surface area contributed by atoms with Gasteiger partial charge in [-0.05, 0) is 89.0 Å². The minimum atomic E-state index is 1.14. The van der Waals surface area contributed by atoms with Crippen molar-refractivity contribution < 1.29 is 0 Å². The van der Waals surface area contributed by atoms with E-state index in [9.17, 15) is 0 Å². The van der Waals surface area contributed by atoms with E-state index in [1.54, 1.807) is 0 Å². The van der Waals surface area contributed by atoms with E-state index in [2.05, 4.69) is 229 Å². The first kappa shape index (κ1) is 33.4. The molecule has 1 nitrogen and oxygen atoms in total. The lowest BCUT2D eigenvalue weighted by atomic mass is 9.86. The zero-order chi connectivity index (χ0) is 38.9. The van der Waals surface area contributed by atoms with Crippen molar-refractivity contribution in [3.05, 3.63) is 224 Å². The molecule has 1 heteroatoms. The Balaban J connectivity index is 1.08. The second-order valence-corrected chi connectivity index (χ2v) is 15.6. The van der Waals surface area contributed by atoms with Gasteiger partial charge in [0, 0.05) is 27.2 Å². The molecule has 59 heavy (non-hydrogen) atoms. The van der Waals surface area contributed by atoms with E-state index in [0.717, 1.165) is 5.69 Å². The van der Waals surface area contributed by atoms with Crippen LogP contribution in [0.5, 0.6) is 0 Å². The summed E-state index contributed by atoms with van der Waals surface area (Å²) in [7, 11) is 0. The maximum Gasteiger partial charge on any atom is 0.0619 e. The fourth-order valence-electron chi connectivity index (χ4n) is 9.74. The Morgan fingerprint density at radius 1 is 0.220 bits per heavy atom. The highest BCUT2D eigenvalue weighted by atomic mass is 15.0. The molecule has 0 spiro atoms. The van der Waals surface area contributed by atoms with E-state index in [0.29, 0.717) is 0 Å². The first-order valence-electron chi connectivity index (χ1n) is 20.4. The lowest BCUT2D eigenvalue weighted by Gasteiger charge is -2.18. The van der Waals surface area contributed by atoms with Crippen LogP contribution in [0.1, 0.15) is 0 Å². The molecule has 12 aromatic rings. The molecule has 11 aromatic carbocycles. The van der Waals surface area contributed by atoms with Crippen molar-refractivity contribution in [2.24, 2.45) is 0 Å². The highest BCUT2D eigenvalue weighted by molar-refractivity contribution is 6.25. The Morgan fingerprint density at radius 3 is 1.25 bits per heavy atom. The SMILES string of the molecule is c1ccc(-c2ccc(-c3cccc4c3ccc3c5ccc6ccccc6c5n(-c5ccc(-c6c7ccccc7c(-c7ccccc7)c7ccccc67)cc5)c43)cc2)cc1. The highest BCUT2D eigenvalue weighted by Crippen LogP contribution is 2.45. The van der Waals surface area contributed by atoms with Crippen molar-refractivity contribution in [1.82, 2.24) is 4.57 Å². The molecular formula is C58H37N. The van der Waals surface area contributed by atoms with Gasteiger partial charge in [0.15, 0.2) is 0 Å². The van der Waals surface area contributed by atoms with E-state index in [-0.39, 0.29) is 0 Å². The van der Waals surface area contributed by atoms with Crippen molar-refractivity contribution in [2.45, 2.75) is 0 Å². The Bertz CT molecular complexity index is 3500. The Hall–Kier alpha value is -7.74. The van der Waals surface area contributed by atoms with Gasteiger partial charge in [-0.2, -0.15) is 0 Å². The highest BCUT2D eigenvalue weighted by Gasteiger charge is 2.20. The molecule has 274 valence electrons. The summed E-state index contributed by atoms with van der Waals surface area (Å²) < 4.78 is 2.52. The van der Waals surface area contributed by atoms with Gasteiger partial charge in [-0.1, -0.05) is 212 Å². The number of hydrogen-bond donors (Lipinski definition) is 0. The van der Waals surface area contributed by atoms with E-state index in [1.165, 1.54) is 109 Å². The van der Waals surface area contributed by atoms with Crippen LogP contribution in [0.25, 0.3) is 115 Å². The third-order valence-electron chi connectivity index (χ3n) is 12.4. The lowest BCUT2D eigenvalue weighted by Crippen LogP contribution is -1.96. The van der Waals surface area contributed by atoms with Gasteiger partial charge < -0.3 is 4.57 Å². The van der Waals surface area contributed by atoms with E-state index in [4.69, 9.17) is 0 Å². The molecule has 0 atom stereocenters. The number of fused-ring (bicyclic) bond motifs is 9. The number of benzene rings is 11. The van der Waals surface area contributed by atoms with Crippen LogP contribution in [-0.2, 0) is 0 Å². The van der Waals surface area contributed by atoms with Crippen molar-refractivity contribution in [3.8, 4) is 50.2 Å². The summed E-state index contributed by atoms with van der Waals surface area (Å²) in [6.07, 6.45) is 0. The quantitative estimate of drug-likeness (QED) is 0.155. The lowest BCUT2D eigenvalue weighted by molar-refractivity contribution is 1.19. The number of rotatable bonds is 5. The second kappa shape index (κ2) is 13.4. The largest absolute Gasteiger partial charge is 0.308 e. The Labute approximate surface area is 342 Å². The maximum absolute atomic E-state index is 2.52. The molecule has 0 bridgehead atoms. The minimum absolute atomic E-state index is 1.14. The molecule has 12 rings (SSSR count). The Kier molecular flexibility index (Phi) is 7.61. The fourth-order valence-corrected chi connectivity index (χ4v) is 9.74. The average molecular weight is 748 g/mol. The monoisotopic (exact) mass is 747 g/mol. The molecule has 0 fully saturated rings. The normalized spacial score (nSPS) is 11.7. The molecular weight excluding hydrogens is 711 g/mol. The molecule has 0 radical (unpaired) electrons. The van der Waals surface area contributed by atoms with Gasteiger partial charge in [0.05, 0.1) is 11.0 Å². The van der Waals surface area contributed by atoms with Crippen LogP contribution < -0.4 is 0 Å². The van der Waals surface area contributed by atoms with Crippen LogP contribution in [0.15, 0.2) is 224 Å².